The monoisotopic (exact) mass is 293 g/mol. The standard InChI is InChI=1S/C19H19NO2/c1-4-22-15-7-8-16(14(3)10-15)17-11-18-13(2)6-5-9-20(18)19(17)12-21/h5-12H,4H2,1-3H3. The highest BCUT2D eigenvalue weighted by molar-refractivity contribution is 5.91. The minimum absolute atomic E-state index is 0.647. The van der Waals surface area contributed by atoms with Crippen LogP contribution in [0.5, 0.6) is 5.75 Å². The van der Waals surface area contributed by atoms with Gasteiger partial charge in [0.2, 0.25) is 0 Å². The Bertz CT molecular complexity index is 846. The SMILES string of the molecule is CCOc1ccc(-c2cc3c(C)cccn3c2C=O)c(C)c1. The Morgan fingerprint density at radius 1 is 1.09 bits per heavy atom. The summed E-state index contributed by atoms with van der Waals surface area (Å²) in [5, 5.41) is 0. The third-order valence-corrected chi connectivity index (χ3v) is 3.97. The molecule has 0 atom stereocenters. The number of nitrogens with zero attached hydrogens (tertiary/aromatic N) is 1. The largest absolute Gasteiger partial charge is 0.494 e. The van der Waals surface area contributed by atoms with Crippen LogP contribution in [0.25, 0.3) is 16.6 Å². The first-order chi connectivity index (χ1) is 10.7. The number of aldehydes is 1. The fraction of sp³-hybridized carbons (Fsp3) is 0.211. The second-order valence-corrected chi connectivity index (χ2v) is 5.42. The van der Waals surface area contributed by atoms with Gasteiger partial charge in [-0.3, -0.25) is 4.79 Å². The van der Waals surface area contributed by atoms with Gasteiger partial charge in [0.1, 0.15) is 5.75 Å². The molecule has 0 saturated heterocycles. The van der Waals surface area contributed by atoms with E-state index in [1.54, 1.807) is 0 Å². The molecule has 3 nitrogen and oxygen atoms in total. The highest BCUT2D eigenvalue weighted by Gasteiger charge is 2.14. The average Bonchev–Trinajstić information content (AvgIpc) is 2.87. The van der Waals surface area contributed by atoms with Crippen molar-refractivity contribution in [1.82, 2.24) is 4.40 Å². The van der Waals surface area contributed by atoms with E-state index in [-0.39, 0.29) is 0 Å². The summed E-state index contributed by atoms with van der Waals surface area (Å²) < 4.78 is 7.49. The van der Waals surface area contributed by atoms with Crippen LogP contribution in [0.2, 0.25) is 0 Å². The van der Waals surface area contributed by atoms with Crippen molar-refractivity contribution in [3.8, 4) is 16.9 Å². The van der Waals surface area contributed by atoms with Gasteiger partial charge in [0.15, 0.2) is 6.29 Å². The van der Waals surface area contributed by atoms with E-state index in [4.69, 9.17) is 4.74 Å². The molecule has 0 amide bonds. The van der Waals surface area contributed by atoms with Gasteiger partial charge < -0.3 is 9.14 Å². The summed E-state index contributed by atoms with van der Waals surface area (Å²) in [6.07, 6.45) is 2.86. The van der Waals surface area contributed by atoms with E-state index < -0.39 is 0 Å². The van der Waals surface area contributed by atoms with E-state index in [0.29, 0.717) is 12.3 Å². The quantitative estimate of drug-likeness (QED) is 0.666. The van der Waals surface area contributed by atoms with Crippen molar-refractivity contribution in [2.75, 3.05) is 6.61 Å². The number of benzene rings is 1. The fourth-order valence-corrected chi connectivity index (χ4v) is 2.89. The summed E-state index contributed by atoms with van der Waals surface area (Å²) in [5.41, 5.74) is 6.03. The predicted molar refractivity (Wildman–Crippen MR) is 88.9 cm³/mol. The molecule has 0 bridgehead atoms. The molecule has 0 fully saturated rings. The number of carbonyl (C=O) groups is 1. The lowest BCUT2D eigenvalue weighted by Gasteiger charge is -2.09. The second kappa shape index (κ2) is 5.68. The molecule has 0 spiro atoms. The Morgan fingerprint density at radius 3 is 2.59 bits per heavy atom. The lowest BCUT2D eigenvalue weighted by molar-refractivity contribution is 0.111. The van der Waals surface area contributed by atoms with Crippen molar-refractivity contribution in [2.24, 2.45) is 0 Å². The van der Waals surface area contributed by atoms with Crippen molar-refractivity contribution in [1.29, 1.82) is 0 Å². The molecule has 2 aromatic heterocycles. The van der Waals surface area contributed by atoms with Crippen LogP contribution >= 0.6 is 0 Å². The smallest absolute Gasteiger partial charge is 0.167 e. The number of fused-ring (bicyclic) bond motifs is 1. The van der Waals surface area contributed by atoms with Gasteiger partial charge in [0, 0.05) is 17.3 Å². The summed E-state index contributed by atoms with van der Waals surface area (Å²) in [6, 6.07) is 12.1. The van der Waals surface area contributed by atoms with E-state index in [2.05, 4.69) is 19.1 Å². The zero-order valence-electron chi connectivity index (χ0n) is 13.1. The maximum Gasteiger partial charge on any atom is 0.167 e. The van der Waals surface area contributed by atoms with Gasteiger partial charge in [-0.05, 0) is 61.7 Å². The topological polar surface area (TPSA) is 30.7 Å². The van der Waals surface area contributed by atoms with Crippen LogP contribution in [0.4, 0.5) is 0 Å². The lowest BCUT2D eigenvalue weighted by atomic mass is 10.0. The number of hydrogen-bond donors (Lipinski definition) is 0. The molecule has 0 N–H and O–H groups in total. The van der Waals surface area contributed by atoms with Crippen molar-refractivity contribution in [3.05, 3.63) is 59.4 Å². The van der Waals surface area contributed by atoms with Crippen LogP contribution < -0.4 is 4.74 Å². The molecule has 0 unspecified atom stereocenters. The summed E-state index contributed by atoms with van der Waals surface area (Å²) in [6.45, 7) is 6.71. The van der Waals surface area contributed by atoms with E-state index >= 15 is 0 Å². The third-order valence-electron chi connectivity index (χ3n) is 3.97. The van der Waals surface area contributed by atoms with Crippen LogP contribution in [0.1, 0.15) is 28.5 Å². The van der Waals surface area contributed by atoms with Gasteiger partial charge in [0.05, 0.1) is 12.3 Å². The third kappa shape index (κ3) is 2.29. The molecule has 22 heavy (non-hydrogen) atoms. The summed E-state index contributed by atoms with van der Waals surface area (Å²) in [5.74, 6) is 0.858. The molecule has 3 aromatic rings. The minimum Gasteiger partial charge on any atom is -0.494 e. The van der Waals surface area contributed by atoms with Crippen LogP contribution in [0, 0.1) is 13.8 Å². The molecule has 0 radical (unpaired) electrons. The molecule has 0 aliphatic heterocycles. The van der Waals surface area contributed by atoms with Gasteiger partial charge in [-0.25, -0.2) is 0 Å². The molecule has 0 saturated carbocycles. The summed E-state index contributed by atoms with van der Waals surface area (Å²) >= 11 is 0. The summed E-state index contributed by atoms with van der Waals surface area (Å²) in [7, 11) is 0. The summed E-state index contributed by atoms with van der Waals surface area (Å²) in [4.78, 5) is 11.6. The Morgan fingerprint density at radius 2 is 1.91 bits per heavy atom. The molecular weight excluding hydrogens is 274 g/mol. The van der Waals surface area contributed by atoms with Crippen LogP contribution in [0.3, 0.4) is 0 Å². The number of aryl methyl sites for hydroxylation is 2. The molecule has 1 aromatic carbocycles. The van der Waals surface area contributed by atoms with Gasteiger partial charge in [-0.2, -0.15) is 0 Å². The van der Waals surface area contributed by atoms with Crippen LogP contribution in [-0.2, 0) is 0 Å². The molecule has 3 rings (SSSR count). The Balaban J connectivity index is 2.22. The highest BCUT2D eigenvalue weighted by Crippen LogP contribution is 2.32. The van der Waals surface area contributed by atoms with Gasteiger partial charge in [-0.15, -0.1) is 0 Å². The molecule has 112 valence electrons. The number of ether oxygens (including phenoxy) is 1. The first-order valence-corrected chi connectivity index (χ1v) is 7.45. The van der Waals surface area contributed by atoms with Crippen molar-refractivity contribution in [2.45, 2.75) is 20.8 Å². The first kappa shape index (κ1) is 14.4. The number of rotatable bonds is 4. The van der Waals surface area contributed by atoms with Crippen molar-refractivity contribution in [3.63, 3.8) is 0 Å². The molecule has 3 heteroatoms. The Labute approximate surface area is 130 Å². The van der Waals surface area contributed by atoms with Gasteiger partial charge in [-0.1, -0.05) is 12.1 Å². The minimum atomic E-state index is 0.647. The maximum atomic E-state index is 11.6. The lowest BCUT2D eigenvalue weighted by Crippen LogP contribution is -1.95. The van der Waals surface area contributed by atoms with E-state index in [1.807, 2.05) is 48.7 Å². The molecule has 0 aliphatic carbocycles. The average molecular weight is 293 g/mol. The number of pyridine rings is 1. The zero-order valence-corrected chi connectivity index (χ0v) is 13.1. The fourth-order valence-electron chi connectivity index (χ4n) is 2.89. The molecular formula is C19H19NO2. The predicted octanol–water partition coefficient (Wildman–Crippen LogP) is 4.43. The van der Waals surface area contributed by atoms with E-state index in [1.165, 1.54) is 0 Å². The number of aromatic nitrogens is 1. The number of hydrogen-bond acceptors (Lipinski definition) is 2. The Hall–Kier alpha value is -2.55. The molecule has 0 aliphatic rings. The first-order valence-electron chi connectivity index (χ1n) is 7.45. The van der Waals surface area contributed by atoms with Gasteiger partial charge >= 0.3 is 0 Å². The molecule has 2 heterocycles. The zero-order chi connectivity index (χ0) is 15.7. The highest BCUT2D eigenvalue weighted by atomic mass is 16.5. The number of carbonyl (C=O) groups excluding carboxylic acids is 1. The van der Waals surface area contributed by atoms with E-state index in [9.17, 15) is 4.79 Å². The van der Waals surface area contributed by atoms with Gasteiger partial charge in [0.25, 0.3) is 0 Å². The maximum absolute atomic E-state index is 11.6. The van der Waals surface area contributed by atoms with Crippen LogP contribution in [0.15, 0.2) is 42.6 Å². The second-order valence-electron chi connectivity index (χ2n) is 5.42. The van der Waals surface area contributed by atoms with Crippen molar-refractivity contribution >= 4 is 11.8 Å². The van der Waals surface area contributed by atoms with E-state index in [0.717, 1.165) is 39.8 Å². The normalized spacial score (nSPS) is 10.9. The van der Waals surface area contributed by atoms with Crippen LogP contribution in [-0.4, -0.2) is 17.3 Å². The van der Waals surface area contributed by atoms with Crippen molar-refractivity contribution < 1.29 is 9.53 Å². The Kier molecular flexibility index (Phi) is 3.72.